The van der Waals surface area contributed by atoms with Gasteiger partial charge in [0.15, 0.2) is 0 Å². The van der Waals surface area contributed by atoms with Crippen LogP contribution in [0.4, 0.5) is 17.1 Å². The van der Waals surface area contributed by atoms with E-state index in [4.69, 9.17) is 0 Å². The van der Waals surface area contributed by atoms with Crippen molar-refractivity contribution in [1.29, 1.82) is 0 Å². The molecule has 0 saturated carbocycles. The topological polar surface area (TPSA) is 3.24 Å². The van der Waals surface area contributed by atoms with E-state index in [0.29, 0.717) is 0 Å². The van der Waals surface area contributed by atoms with E-state index in [2.05, 4.69) is 219 Å². The standard InChI is InChI=1S/C53H39N/c1-53(2)48-26-15-25-44(37-17-5-3-6-18-37)52(48)47-33-31-42(35-49(47)53)54(41-21-7-4-8-22-41)50-27-14-13-24-45(50)46-32-30-38-19-11-12-23-43(38)51(46)40-29-28-36-16-9-10-20-39(36)34-40/h3-35H,1-2H3. The minimum absolute atomic E-state index is 0.172. The summed E-state index contributed by atoms with van der Waals surface area (Å²) >= 11 is 0. The lowest BCUT2D eigenvalue weighted by molar-refractivity contribution is 0.660. The van der Waals surface area contributed by atoms with Crippen molar-refractivity contribution in [2.24, 2.45) is 0 Å². The summed E-state index contributed by atoms with van der Waals surface area (Å²) in [6, 6.07) is 73.4. The number of hydrogen-bond donors (Lipinski definition) is 0. The quantitative estimate of drug-likeness (QED) is 0.168. The van der Waals surface area contributed by atoms with Gasteiger partial charge in [-0.25, -0.2) is 0 Å². The van der Waals surface area contributed by atoms with Gasteiger partial charge in [0.2, 0.25) is 0 Å². The number of hydrogen-bond acceptors (Lipinski definition) is 1. The van der Waals surface area contributed by atoms with Crippen LogP contribution in [0.3, 0.4) is 0 Å². The van der Waals surface area contributed by atoms with Crippen LogP contribution >= 0.6 is 0 Å². The van der Waals surface area contributed by atoms with Crippen LogP contribution in [0.2, 0.25) is 0 Å². The van der Waals surface area contributed by atoms with Gasteiger partial charge in [0.25, 0.3) is 0 Å². The third kappa shape index (κ3) is 5.16. The Hall–Kier alpha value is -6.70. The van der Waals surface area contributed by atoms with Crippen LogP contribution in [0.25, 0.3) is 66.1 Å². The molecule has 1 heteroatoms. The third-order valence-electron chi connectivity index (χ3n) is 11.4. The van der Waals surface area contributed by atoms with Gasteiger partial charge in [0.1, 0.15) is 0 Å². The summed E-state index contributed by atoms with van der Waals surface area (Å²) in [5.74, 6) is 0. The van der Waals surface area contributed by atoms with Crippen molar-refractivity contribution < 1.29 is 0 Å². The van der Waals surface area contributed by atoms with Gasteiger partial charge in [0.05, 0.1) is 5.69 Å². The lowest BCUT2D eigenvalue weighted by Crippen LogP contribution is -2.17. The van der Waals surface area contributed by atoms with Crippen molar-refractivity contribution >= 4 is 38.6 Å². The molecule has 0 heterocycles. The number of nitrogens with zero attached hydrogens (tertiary/aromatic N) is 1. The summed E-state index contributed by atoms with van der Waals surface area (Å²) in [4.78, 5) is 2.45. The molecule has 54 heavy (non-hydrogen) atoms. The van der Waals surface area contributed by atoms with E-state index in [1.54, 1.807) is 0 Å². The first-order valence-corrected chi connectivity index (χ1v) is 18.9. The van der Waals surface area contributed by atoms with E-state index < -0.39 is 0 Å². The summed E-state index contributed by atoms with van der Waals surface area (Å²) in [7, 11) is 0. The third-order valence-corrected chi connectivity index (χ3v) is 11.4. The molecule has 0 N–H and O–H groups in total. The SMILES string of the molecule is CC1(C)c2cc(N(c3ccccc3)c3ccccc3-c3ccc4ccccc4c3-c3ccc4ccccc4c3)ccc2-c2c(-c3ccccc3)cccc21. The van der Waals surface area contributed by atoms with Gasteiger partial charge in [-0.3, -0.25) is 0 Å². The number of para-hydroxylation sites is 2. The summed E-state index contributed by atoms with van der Waals surface area (Å²) in [5.41, 5.74) is 16.0. The molecule has 0 radical (unpaired) electrons. The minimum atomic E-state index is -0.172. The van der Waals surface area contributed by atoms with Crippen molar-refractivity contribution in [2.75, 3.05) is 4.90 Å². The van der Waals surface area contributed by atoms with Gasteiger partial charge in [-0.15, -0.1) is 0 Å². The van der Waals surface area contributed by atoms with Crippen molar-refractivity contribution in [3.05, 3.63) is 211 Å². The average Bonchev–Trinajstić information content (AvgIpc) is 3.46. The second kappa shape index (κ2) is 12.8. The van der Waals surface area contributed by atoms with E-state index in [1.165, 1.54) is 77.2 Å². The molecule has 1 aliphatic carbocycles. The molecular formula is C53H39N. The molecule has 1 nitrogen and oxygen atoms in total. The first-order chi connectivity index (χ1) is 26.6. The number of anilines is 3. The molecule has 0 aliphatic heterocycles. The van der Waals surface area contributed by atoms with Gasteiger partial charge in [-0.2, -0.15) is 0 Å². The van der Waals surface area contributed by atoms with Gasteiger partial charge < -0.3 is 4.90 Å². The van der Waals surface area contributed by atoms with E-state index in [0.717, 1.165) is 17.1 Å². The molecule has 0 atom stereocenters. The first-order valence-electron chi connectivity index (χ1n) is 18.9. The zero-order valence-corrected chi connectivity index (χ0v) is 30.5. The van der Waals surface area contributed by atoms with Crippen LogP contribution in [0.1, 0.15) is 25.0 Å². The second-order valence-electron chi connectivity index (χ2n) is 14.9. The molecule has 0 fully saturated rings. The highest BCUT2D eigenvalue weighted by Gasteiger charge is 2.37. The highest BCUT2D eigenvalue weighted by atomic mass is 15.1. The van der Waals surface area contributed by atoms with E-state index in [1.807, 2.05) is 0 Å². The maximum absolute atomic E-state index is 2.45. The fourth-order valence-corrected chi connectivity index (χ4v) is 8.83. The molecule has 256 valence electrons. The Morgan fingerprint density at radius 2 is 1.00 bits per heavy atom. The molecule has 1 aliphatic rings. The Morgan fingerprint density at radius 1 is 0.352 bits per heavy atom. The first kappa shape index (κ1) is 32.0. The average molecular weight is 690 g/mol. The maximum atomic E-state index is 2.45. The zero-order chi connectivity index (χ0) is 36.2. The predicted octanol–water partition coefficient (Wildman–Crippen LogP) is 14.8. The van der Waals surface area contributed by atoms with Gasteiger partial charge in [-0.1, -0.05) is 178 Å². The van der Waals surface area contributed by atoms with Crippen LogP contribution in [0, 0.1) is 0 Å². The Kier molecular flexibility index (Phi) is 7.56. The maximum Gasteiger partial charge on any atom is 0.0540 e. The van der Waals surface area contributed by atoms with Crippen molar-refractivity contribution in [1.82, 2.24) is 0 Å². The fourth-order valence-electron chi connectivity index (χ4n) is 8.83. The van der Waals surface area contributed by atoms with Gasteiger partial charge in [-0.05, 0) is 108 Å². The molecule has 0 unspecified atom stereocenters. The zero-order valence-electron chi connectivity index (χ0n) is 30.5. The van der Waals surface area contributed by atoms with E-state index >= 15 is 0 Å². The van der Waals surface area contributed by atoms with Crippen LogP contribution in [0.5, 0.6) is 0 Å². The number of rotatable bonds is 6. The largest absolute Gasteiger partial charge is 0.310 e. The molecule has 9 aromatic carbocycles. The molecule has 0 amide bonds. The van der Waals surface area contributed by atoms with Crippen LogP contribution in [0.15, 0.2) is 200 Å². The Bertz CT molecular complexity index is 2850. The predicted molar refractivity (Wildman–Crippen MR) is 230 cm³/mol. The molecular weight excluding hydrogens is 651 g/mol. The van der Waals surface area contributed by atoms with E-state index in [9.17, 15) is 0 Å². The monoisotopic (exact) mass is 689 g/mol. The normalized spacial score (nSPS) is 12.8. The Morgan fingerprint density at radius 3 is 1.83 bits per heavy atom. The smallest absolute Gasteiger partial charge is 0.0540 e. The number of benzene rings is 9. The van der Waals surface area contributed by atoms with Crippen molar-refractivity contribution in [2.45, 2.75) is 19.3 Å². The summed E-state index contributed by atoms with van der Waals surface area (Å²) < 4.78 is 0. The lowest BCUT2D eigenvalue weighted by Gasteiger charge is -2.30. The summed E-state index contributed by atoms with van der Waals surface area (Å²) in [5, 5.41) is 4.97. The van der Waals surface area contributed by atoms with Crippen LogP contribution in [-0.4, -0.2) is 0 Å². The molecule has 0 saturated heterocycles. The number of fused-ring (bicyclic) bond motifs is 5. The fraction of sp³-hybridized carbons (Fsp3) is 0.0566. The lowest BCUT2D eigenvalue weighted by atomic mass is 9.81. The van der Waals surface area contributed by atoms with Gasteiger partial charge >= 0.3 is 0 Å². The van der Waals surface area contributed by atoms with Crippen molar-refractivity contribution in [3.8, 4) is 44.5 Å². The van der Waals surface area contributed by atoms with Crippen molar-refractivity contribution in [3.63, 3.8) is 0 Å². The Labute approximate surface area is 317 Å². The second-order valence-corrected chi connectivity index (χ2v) is 14.9. The highest BCUT2D eigenvalue weighted by molar-refractivity contribution is 6.08. The Balaban J connectivity index is 1.19. The minimum Gasteiger partial charge on any atom is -0.310 e. The molecule has 0 spiro atoms. The van der Waals surface area contributed by atoms with Gasteiger partial charge in [0, 0.05) is 22.4 Å². The molecule has 0 bridgehead atoms. The van der Waals surface area contributed by atoms with E-state index in [-0.39, 0.29) is 5.41 Å². The molecule has 0 aromatic heterocycles. The summed E-state index contributed by atoms with van der Waals surface area (Å²) in [6.45, 7) is 4.75. The van der Waals surface area contributed by atoms with Crippen LogP contribution < -0.4 is 4.90 Å². The van der Waals surface area contributed by atoms with Crippen LogP contribution in [-0.2, 0) is 5.41 Å². The summed E-state index contributed by atoms with van der Waals surface area (Å²) in [6.07, 6.45) is 0. The molecule has 9 aromatic rings. The molecule has 10 rings (SSSR count). The highest BCUT2D eigenvalue weighted by Crippen LogP contribution is 2.54.